The molecule has 1 heterocycles. The Balaban J connectivity index is 1.53. The fourth-order valence-electron chi connectivity index (χ4n) is 3.82. The Kier molecular flexibility index (Phi) is 8.25. The summed E-state index contributed by atoms with van der Waals surface area (Å²) in [7, 11) is 0. The number of nitrogens with one attached hydrogen (secondary N) is 2. The first-order valence-corrected chi connectivity index (χ1v) is 11.3. The summed E-state index contributed by atoms with van der Waals surface area (Å²) in [6.07, 6.45) is 3.25. The first kappa shape index (κ1) is 23.3. The van der Waals surface area contributed by atoms with Gasteiger partial charge in [-0.25, -0.2) is 0 Å². The highest BCUT2D eigenvalue weighted by Crippen LogP contribution is 2.17. The summed E-state index contributed by atoms with van der Waals surface area (Å²) in [5.74, 6) is -0.201. The van der Waals surface area contributed by atoms with Crippen LogP contribution in [0.2, 0.25) is 0 Å². The third kappa shape index (κ3) is 6.09. The Morgan fingerprint density at radius 1 is 0.875 bits per heavy atom. The highest BCUT2D eigenvalue weighted by atomic mass is 16.2. The third-order valence-electron chi connectivity index (χ3n) is 5.67. The van der Waals surface area contributed by atoms with E-state index < -0.39 is 0 Å². The quantitative estimate of drug-likeness (QED) is 0.659. The summed E-state index contributed by atoms with van der Waals surface area (Å²) in [5.41, 5.74) is 2.56. The minimum atomic E-state index is -0.212. The van der Waals surface area contributed by atoms with E-state index in [1.807, 2.05) is 18.7 Å². The van der Waals surface area contributed by atoms with Gasteiger partial charge in [0.25, 0.3) is 11.8 Å². The van der Waals surface area contributed by atoms with Crippen molar-refractivity contribution < 1.29 is 14.4 Å². The number of benzene rings is 2. The second-order valence-electron chi connectivity index (χ2n) is 7.89. The fraction of sp³-hybridized carbons (Fsp3) is 0.400. The number of nitrogens with zero attached hydrogens (tertiary/aromatic N) is 2. The Morgan fingerprint density at radius 3 is 2.22 bits per heavy atom. The average molecular weight is 437 g/mol. The van der Waals surface area contributed by atoms with Crippen LogP contribution in [0.4, 0.5) is 11.4 Å². The van der Waals surface area contributed by atoms with Crippen LogP contribution in [0.25, 0.3) is 0 Å². The van der Waals surface area contributed by atoms with Crippen LogP contribution in [0.3, 0.4) is 0 Å². The largest absolute Gasteiger partial charge is 0.376 e. The van der Waals surface area contributed by atoms with Gasteiger partial charge in [0, 0.05) is 48.7 Å². The number of hydrogen-bond acceptors (Lipinski definition) is 4. The lowest BCUT2D eigenvalue weighted by molar-refractivity contribution is -0.114. The van der Waals surface area contributed by atoms with Gasteiger partial charge in [0.05, 0.1) is 6.54 Å². The van der Waals surface area contributed by atoms with Gasteiger partial charge in [-0.1, -0.05) is 6.07 Å². The molecule has 1 aliphatic heterocycles. The molecule has 0 atom stereocenters. The zero-order chi connectivity index (χ0) is 22.9. The van der Waals surface area contributed by atoms with Gasteiger partial charge in [-0.3, -0.25) is 14.4 Å². The van der Waals surface area contributed by atoms with Crippen molar-refractivity contribution in [3.8, 4) is 0 Å². The van der Waals surface area contributed by atoms with Crippen LogP contribution in [0.5, 0.6) is 0 Å². The van der Waals surface area contributed by atoms with Crippen molar-refractivity contribution in [1.29, 1.82) is 0 Å². The monoisotopic (exact) mass is 436 g/mol. The van der Waals surface area contributed by atoms with Gasteiger partial charge in [0.1, 0.15) is 0 Å². The minimum Gasteiger partial charge on any atom is -0.376 e. The van der Waals surface area contributed by atoms with Crippen molar-refractivity contribution in [1.82, 2.24) is 9.80 Å². The number of hydrogen-bond donors (Lipinski definition) is 2. The third-order valence-corrected chi connectivity index (χ3v) is 5.67. The molecule has 3 rings (SSSR count). The molecule has 0 aromatic heterocycles. The van der Waals surface area contributed by atoms with Crippen LogP contribution in [0, 0.1) is 0 Å². The number of carbonyl (C=O) groups excluding carboxylic acids is 3. The van der Waals surface area contributed by atoms with E-state index in [0.29, 0.717) is 29.9 Å². The maximum absolute atomic E-state index is 12.7. The summed E-state index contributed by atoms with van der Waals surface area (Å²) >= 11 is 0. The predicted molar refractivity (Wildman–Crippen MR) is 127 cm³/mol. The van der Waals surface area contributed by atoms with Crippen LogP contribution in [-0.2, 0) is 4.79 Å². The van der Waals surface area contributed by atoms with Gasteiger partial charge in [-0.05, 0) is 75.6 Å². The standard InChI is InChI=1S/C25H32N4O3/c1-3-28(4-2)24(31)19-11-13-21(14-12-19)26-18-23(30)27-22-10-8-9-20(17-22)25(32)29-15-6-5-7-16-29/h8-14,17,26H,3-7,15-16,18H2,1-2H3,(H,27,30). The maximum Gasteiger partial charge on any atom is 0.253 e. The van der Waals surface area contributed by atoms with Gasteiger partial charge in [-0.2, -0.15) is 0 Å². The Morgan fingerprint density at radius 2 is 1.56 bits per heavy atom. The van der Waals surface area contributed by atoms with Crippen LogP contribution < -0.4 is 10.6 Å². The lowest BCUT2D eigenvalue weighted by Gasteiger charge is -2.26. The number of carbonyl (C=O) groups is 3. The Hall–Kier alpha value is -3.35. The maximum atomic E-state index is 12.7. The van der Waals surface area contributed by atoms with E-state index in [4.69, 9.17) is 0 Å². The lowest BCUT2D eigenvalue weighted by Crippen LogP contribution is -2.35. The van der Waals surface area contributed by atoms with Gasteiger partial charge < -0.3 is 20.4 Å². The van der Waals surface area contributed by atoms with E-state index in [1.54, 1.807) is 53.4 Å². The Bertz CT molecular complexity index is 932. The second kappa shape index (κ2) is 11.3. The van der Waals surface area contributed by atoms with Crippen molar-refractivity contribution >= 4 is 29.1 Å². The van der Waals surface area contributed by atoms with E-state index in [2.05, 4.69) is 10.6 Å². The highest BCUT2D eigenvalue weighted by Gasteiger charge is 2.18. The molecule has 0 radical (unpaired) electrons. The number of rotatable bonds is 8. The van der Waals surface area contributed by atoms with E-state index in [0.717, 1.165) is 31.6 Å². The van der Waals surface area contributed by atoms with Crippen molar-refractivity contribution in [2.45, 2.75) is 33.1 Å². The van der Waals surface area contributed by atoms with Gasteiger partial charge in [-0.15, -0.1) is 0 Å². The van der Waals surface area contributed by atoms with Gasteiger partial charge in [0.15, 0.2) is 0 Å². The number of likely N-dealkylation sites (tertiary alicyclic amines) is 1. The molecule has 2 aromatic carbocycles. The summed E-state index contributed by atoms with van der Waals surface area (Å²) in [6.45, 7) is 6.90. The van der Waals surface area contributed by atoms with Crippen molar-refractivity contribution in [3.05, 3.63) is 59.7 Å². The molecule has 0 bridgehead atoms. The number of amides is 3. The van der Waals surface area contributed by atoms with Gasteiger partial charge >= 0.3 is 0 Å². The Labute approximate surface area is 189 Å². The summed E-state index contributed by atoms with van der Waals surface area (Å²) in [6, 6.07) is 14.2. The zero-order valence-electron chi connectivity index (χ0n) is 18.9. The SMILES string of the molecule is CCN(CC)C(=O)c1ccc(NCC(=O)Nc2cccc(C(=O)N3CCCCC3)c2)cc1. The lowest BCUT2D eigenvalue weighted by atomic mass is 10.1. The molecule has 2 N–H and O–H groups in total. The van der Waals surface area contributed by atoms with E-state index in [1.165, 1.54) is 6.42 Å². The topological polar surface area (TPSA) is 81.8 Å². The molecule has 0 saturated carbocycles. The molecule has 0 aliphatic carbocycles. The zero-order valence-corrected chi connectivity index (χ0v) is 18.9. The van der Waals surface area contributed by atoms with Crippen LogP contribution in [0.15, 0.2) is 48.5 Å². The van der Waals surface area contributed by atoms with Crippen molar-refractivity contribution in [2.24, 2.45) is 0 Å². The minimum absolute atomic E-state index is 0.00160. The van der Waals surface area contributed by atoms with E-state index in [-0.39, 0.29) is 24.3 Å². The predicted octanol–water partition coefficient (Wildman–Crippen LogP) is 3.85. The van der Waals surface area contributed by atoms with E-state index in [9.17, 15) is 14.4 Å². The highest BCUT2D eigenvalue weighted by molar-refractivity contribution is 5.98. The molecule has 1 saturated heterocycles. The number of anilines is 2. The molecule has 32 heavy (non-hydrogen) atoms. The molecule has 3 amide bonds. The molecule has 2 aromatic rings. The molecule has 170 valence electrons. The first-order valence-electron chi connectivity index (χ1n) is 11.3. The summed E-state index contributed by atoms with van der Waals surface area (Å²) in [5, 5.41) is 5.90. The fourth-order valence-corrected chi connectivity index (χ4v) is 3.82. The smallest absolute Gasteiger partial charge is 0.253 e. The van der Waals surface area contributed by atoms with Crippen LogP contribution in [-0.4, -0.2) is 60.2 Å². The van der Waals surface area contributed by atoms with Crippen LogP contribution >= 0.6 is 0 Å². The molecule has 7 nitrogen and oxygen atoms in total. The van der Waals surface area contributed by atoms with Crippen molar-refractivity contribution in [3.63, 3.8) is 0 Å². The van der Waals surface area contributed by atoms with Crippen LogP contribution in [0.1, 0.15) is 53.8 Å². The van der Waals surface area contributed by atoms with Gasteiger partial charge in [0.2, 0.25) is 5.91 Å². The molecule has 7 heteroatoms. The number of piperidine rings is 1. The molecular formula is C25H32N4O3. The average Bonchev–Trinajstić information content (AvgIpc) is 2.84. The van der Waals surface area contributed by atoms with E-state index >= 15 is 0 Å². The normalized spacial score (nSPS) is 13.4. The second-order valence-corrected chi connectivity index (χ2v) is 7.89. The van der Waals surface area contributed by atoms with Crippen molar-refractivity contribution in [2.75, 3.05) is 43.4 Å². The first-order chi connectivity index (χ1) is 15.5. The molecule has 1 aliphatic rings. The molecule has 1 fully saturated rings. The molecular weight excluding hydrogens is 404 g/mol. The molecule has 0 unspecified atom stereocenters. The summed E-state index contributed by atoms with van der Waals surface area (Å²) in [4.78, 5) is 41.1. The molecule has 0 spiro atoms. The summed E-state index contributed by atoms with van der Waals surface area (Å²) < 4.78 is 0.